The molecule has 1 aromatic carbocycles. The van der Waals surface area contributed by atoms with Crippen molar-refractivity contribution in [1.29, 1.82) is 0 Å². The number of thioether (sulfide) groups is 1. The molecule has 0 fully saturated rings. The van der Waals surface area contributed by atoms with E-state index in [1.54, 1.807) is 22.0 Å². The highest BCUT2D eigenvalue weighted by molar-refractivity contribution is 7.99. The third-order valence-electron chi connectivity index (χ3n) is 5.00. The molecule has 2 aromatic heterocycles. The third-order valence-corrected chi connectivity index (χ3v) is 7.12. The molecule has 1 N–H and O–H groups in total. The van der Waals surface area contributed by atoms with Crippen molar-refractivity contribution in [2.45, 2.75) is 37.3 Å². The van der Waals surface area contributed by atoms with Gasteiger partial charge in [0.2, 0.25) is 5.91 Å². The second-order valence-corrected chi connectivity index (χ2v) is 9.02. The number of carbonyl (C=O) groups excluding carboxylic acids is 1. The second-order valence-electron chi connectivity index (χ2n) is 7.00. The Morgan fingerprint density at radius 1 is 1.24 bits per heavy atom. The van der Waals surface area contributed by atoms with Crippen LogP contribution in [0, 0.1) is 0 Å². The summed E-state index contributed by atoms with van der Waals surface area (Å²) in [7, 11) is 0. The number of benzene rings is 1. The van der Waals surface area contributed by atoms with Gasteiger partial charge >= 0.3 is 0 Å². The van der Waals surface area contributed by atoms with Crippen LogP contribution in [0.2, 0.25) is 0 Å². The van der Waals surface area contributed by atoms with Gasteiger partial charge in [0.1, 0.15) is 4.83 Å². The number of nitrogens with one attached hydrogen (secondary N) is 1. The molecule has 1 aliphatic carbocycles. The molecular formula is C22H23N3O2S2. The topological polar surface area (TPSA) is 64.0 Å². The Balaban J connectivity index is 1.82. The number of carbonyl (C=O) groups is 1. The normalized spacial score (nSPS) is 13.7. The number of aromatic nitrogens is 2. The Morgan fingerprint density at radius 3 is 2.83 bits per heavy atom. The first kappa shape index (κ1) is 19.9. The van der Waals surface area contributed by atoms with Gasteiger partial charge in [0.25, 0.3) is 5.56 Å². The third kappa shape index (κ3) is 4.16. The van der Waals surface area contributed by atoms with E-state index >= 15 is 0 Å². The van der Waals surface area contributed by atoms with Crippen LogP contribution in [0.1, 0.15) is 29.7 Å². The van der Waals surface area contributed by atoms with Gasteiger partial charge in [-0.1, -0.05) is 42.5 Å². The first-order valence-electron chi connectivity index (χ1n) is 9.82. The Labute approximate surface area is 177 Å². The fourth-order valence-corrected chi connectivity index (χ4v) is 5.78. The van der Waals surface area contributed by atoms with Gasteiger partial charge in [-0.2, -0.15) is 0 Å². The minimum absolute atomic E-state index is 0.0328. The van der Waals surface area contributed by atoms with Crippen LogP contribution in [-0.4, -0.2) is 27.8 Å². The number of aryl methyl sites for hydroxylation is 2. The van der Waals surface area contributed by atoms with E-state index in [0.29, 0.717) is 11.7 Å². The predicted molar refractivity (Wildman–Crippen MR) is 120 cm³/mol. The smallest absolute Gasteiger partial charge is 0.267 e. The van der Waals surface area contributed by atoms with E-state index in [0.717, 1.165) is 41.6 Å². The molecule has 0 saturated heterocycles. The van der Waals surface area contributed by atoms with Gasteiger partial charge in [-0.05, 0) is 43.4 Å². The maximum absolute atomic E-state index is 13.6. The lowest BCUT2D eigenvalue weighted by Crippen LogP contribution is -2.26. The van der Waals surface area contributed by atoms with Crippen LogP contribution in [0.4, 0.5) is 0 Å². The fourth-order valence-electron chi connectivity index (χ4n) is 3.63. The molecule has 150 valence electrons. The van der Waals surface area contributed by atoms with Crippen molar-refractivity contribution in [2.75, 3.05) is 12.3 Å². The summed E-state index contributed by atoms with van der Waals surface area (Å²) in [5.41, 5.74) is 1.93. The number of rotatable bonds is 6. The molecule has 2 heterocycles. The lowest BCUT2D eigenvalue weighted by molar-refractivity contribution is -0.118. The molecule has 0 saturated carbocycles. The van der Waals surface area contributed by atoms with Crippen LogP contribution in [-0.2, 0) is 17.6 Å². The maximum Gasteiger partial charge on any atom is 0.267 e. The lowest BCUT2D eigenvalue weighted by Gasteiger charge is -2.12. The summed E-state index contributed by atoms with van der Waals surface area (Å²) in [6, 6.07) is 9.55. The standard InChI is InChI=1S/C22H23N3O2S2/c1-2-13-23-18(26)14-28-22-24-20-19(16-11-7-4-8-12-17(16)29-20)21(27)25(22)15-9-5-3-6-10-15/h2-3,5-6,9-10H,1,4,7-8,11-14H2,(H,23,26). The highest BCUT2D eigenvalue weighted by Gasteiger charge is 2.22. The van der Waals surface area contributed by atoms with Crippen LogP contribution in [0.15, 0.2) is 52.9 Å². The summed E-state index contributed by atoms with van der Waals surface area (Å²) in [5, 5.41) is 4.08. The molecule has 0 aliphatic heterocycles. The molecular weight excluding hydrogens is 402 g/mol. The monoisotopic (exact) mass is 425 g/mol. The van der Waals surface area contributed by atoms with Crippen molar-refractivity contribution < 1.29 is 4.79 Å². The molecule has 0 bridgehead atoms. The second kappa shape index (κ2) is 8.97. The summed E-state index contributed by atoms with van der Waals surface area (Å²) >= 11 is 2.93. The number of nitrogens with zero attached hydrogens (tertiary/aromatic N) is 2. The van der Waals surface area contributed by atoms with Crippen molar-refractivity contribution >= 4 is 39.2 Å². The Kier molecular flexibility index (Phi) is 6.16. The van der Waals surface area contributed by atoms with Gasteiger partial charge in [-0.15, -0.1) is 17.9 Å². The van der Waals surface area contributed by atoms with Crippen LogP contribution < -0.4 is 10.9 Å². The van der Waals surface area contributed by atoms with Crippen LogP contribution in [0.3, 0.4) is 0 Å². The highest BCUT2D eigenvalue weighted by atomic mass is 32.2. The number of amides is 1. The van der Waals surface area contributed by atoms with E-state index in [9.17, 15) is 9.59 Å². The molecule has 0 spiro atoms. The van der Waals surface area contributed by atoms with E-state index in [-0.39, 0.29) is 17.2 Å². The van der Waals surface area contributed by atoms with Gasteiger partial charge in [-0.3, -0.25) is 14.2 Å². The van der Waals surface area contributed by atoms with Gasteiger partial charge in [0.15, 0.2) is 5.16 Å². The van der Waals surface area contributed by atoms with Crippen molar-refractivity contribution in [3.05, 3.63) is 63.8 Å². The van der Waals surface area contributed by atoms with E-state index < -0.39 is 0 Å². The molecule has 4 rings (SSSR count). The van der Waals surface area contributed by atoms with Crippen molar-refractivity contribution in [3.63, 3.8) is 0 Å². The van der Waals surface area contributed by atoms with E-state index in [1.807, 2.05) is 30.3 Å². The molecule has 29 heavy (non-hydrogen) atoms. The first-order valence-corrected chi connectivity index (χ1v) is 11.6. The summed E-state index contributed by atoms with van der Waals surface area (Å²) in [6.45, 7) is 4.04. The first-order chi connectivity index (χ1) is 14.2. The van der Waals surface area contributed by atoms with Gasteiger partial charge < -0.3 is 5.32 Å². The number of hydrogen-bond acceptors (Lipinski definition) is 5. The number of thiophene rings is 1. The van der Waals surface area contributed by atoms with E-state index in [4.69, 9.17) is 4.98 Å². The van der Waals surface area contributed by atoms with E-state index in [2.05, 4.69) is 11.9 Å². The van der Waals surface area contributed by atoms with E-state index in [1.165, 1.54) is 28.6 Å². The minimum atomic E-state index is -0.106. The number of para-hydroxylation sites is 1. The Hall–Kier alpha value is -2.38. The van der Waals surface area contributed by atoms with Gasteiger partial charge in [0.05, 0.1) is 16.8 Å². The summed E-state index contributed by atoms with van der Waals surface area (Å²) < 4.78 is 1.66. The maximum atomic E-state index is 13.6. The predicted octanol–water partition coefficient (Wildman–Crippen LogP) is 4.11. The zero-order chi connectivity index (χ0) is 20.2. The number of fused-ring (bicyclic) bond motifs is 3. The SMILES string of the molecule is C=CCNC(=O)CSc1nc2sc3c(c2c(=O)n1-c1ccccc1)CCCCC3. The Morgan fingerprint density at radius 2 is 2.03 bits per heavy atom. The largest absolute Gasteiger partial charge is 0.352 e. The quantitative estimate of drug-likeness (QED) is 0.279. The zero-order valence-corrected chi connectivity index (χ0v) is 17.8. The molecule has 0 atom stereocenters. The van der Waals surface area contributed by atoms with Crippen LogP contribution in [0.5, 0.6) is 0 Å². The fraction of sp³-hybridized carbons (Fsp3) is 0.318. The van der Waals surface area contributed by atoms with Crippen molar-refractivity contribution in [1.82, 2.24) is 14.9 Å². The van der Waals surface area contributed by atoms with Gasteiger partial charge in [0, 0.05) is 11.4 Å². The zero-order valence-electron chi connectivity index (χ0n) is 16.1. The van der Waals surface area contributed by atoms with Crippen molar-refractivity contribution in [2.24, 2.45) is 0 Å². The molecule has 0 unspecified atom stereocenters. The molecule has 0 radical (unpaired) electrons. The molecule has 5 nitrogen and oxygen atoms in total. The summed E-state index contributed by atoms with van der Waals surface area (Å²) in [6.07, 6.45) is 7.09. The highest BCUT2D eigenvalue weighted by Crippen LogP contribution is 2.34. The average Bonchev–Trinajstić information content (AvgIpc) is 2.92. The average molecular weight is 426 g/mol. The van der Waals surface area contributed by atoms with Gasteiger partial charge in [-0.25, -0.2) is 4.98 Å². The molecule has 7 heteroatoms. The molecule has 1 amide bonds. The summed E-state index contributed by atoms with van der Waals surface area (Å²) in [4.78, 5) is 32.6. The Bertz CT molecular complexity index is 1100. The molecule has 3 aromatic rings. The molecule has 1 aliphatic rings. The lowest BCUT2D eigenvalue weighted by atomic mass is 10.1. The van der Waals surface area contributed by atoms with Crippen LogP contribution >= 0.6 is 23.1 Å². The van der Waals surface area contributed by atoms with Crippen molar-refractivity contribution in [3.8, 4) is 5.69 Å². The number of hydrogen-bond donors (Lipinski definition) is 1. The summed E-state index contributed by atoms with van der Waals surface area (Å²) in [5.74, 6) is 0.0924. The van der Waals surface area contributed by atoms with Crippen LogP contribution in [0.25, 0.3) is 15.9 Å². The minimum Gasteiger partial charge on any atom is -0.352 e.